The Labute approximate surface area is 132 Å². The maximum Gasteiger partial charge on any atom is 0.138 e. The molecular weight excluding hydrogens is 316 g/mol. The van der Waals surface area contributed by atoms with Gasteiger partial charge in [-0.25, -0.2) is 8.78 Å². The van der Waals surface area contributed by atoms with Crippen LogP contribution in [0.4, 0.5) is 14.5 Å². The van der Waals surface area contributed by atoms with Gasteiger partial charge in [0.1, 0.15) is 11.6 Å². The molecule has 0 aliphatic rings. The van der Waals surface area contributed by atoms with Crippen molar-refractivity contribution in [2.45, 2.75) is 18.0 Å². The van der Waals surface area contributed by atoms with Gasteiger partial charge in [-0.1, -0.05) is 17.7 Å². The van der Waals surface area contributed by atoms with E-state index in [-0.39, 0.29) is 17.3 Å². The second-order valence-electron chi connectivity index (χ2n) is 4.50. The smallest absolute Gasteiger partial charge is 0.138 e. The highest BCUT2D eigenvalue weighted by molar-refractivity contribution is 7.80. The molecule has 0 fully saturated rings. The molecule has 2 aromatic rings. The third-order valence-corrected chi connectivity index (χ3v) is 3.58. The van der Waals surface area contributed by atoms with Crippen LogP contribution in [0.5, 0.6) is 0 Å². The van der Waals surface area contributed by atoms with Gasteiger partial charge in [-0.2, -0.15) is 0 Å². The second kappa shape index (κ2) is 7.11. The predicted molar refractivity (Wildman–Crippen MR) is 83.1 cm³/mol. The van der Waals surface area contributed by atoms with Crippen LogP contribution in [0, 0.1) is 11.6 Å². The minimum absolute atomic E-state index is 0.166. The fraction of sp³-hybridized carbons (Fsp3) is 0.200. The molecule has 0 atom stereocenters. The van der Waals surface area contributed by atoms with Gasteiger partial charge in [-0.15, -0.1) is 12.6 Å². The molecule has 0 amide bonds. The van der Waals surface area contributed by atoms with E-state index in [1.54, 1.807) is 19.2 Å². The summed E-state index contributed by atoms with van der Waals surface area (Å²) in [6.07, 6.45) is 0. The van der Waals surface area contributed by atoms with E-state index >= 15 is 0 Å². The lowest BCUT2D eigenvalue weighted by Crippen LogP contribution is -2.04. The lowest BCUT2D eigenvalue weighted by Gasteiger charge is -2.11. The fourth-order valence-electron chi connectivity index (χ4n) is 1.88. The number of anilines is 1. The third-order valence-electron chi connectivity index (χ3n) is 2.93. The summed E-state index contributed by atoms with van der Waals surface area (Å²) in [7, 11) is 1.57. The highest BCUT2D eigenvalue weighted by Crippen LogP contribution is 2.28. The first-order valence-electron chi connectivity index (χ1n) is 6.19. The average Bonchev–Trinajstić information content (AvgIpc) is 2.44. The molecule has 2 aromatic carbocycles. The lowest BCUT2D eigenvalue weighted by molar-refractivity contribution is 0.185. The van der Waals surface area contributed by atoms with Crippen LogP contribution in [0.1, 0.15) is 11.1 Å². The van der Waals surface area contributed by atoms with Crippen LogP contribution < -0.4 is 5.32 Å². The lowest BCUT2D eigenvalue weighted by atomic mass is 10.1. The van der Waals surface area contributed by atoms with E-state index in [4.69, 9.17) is 16.3 Å². The summed E-state index contributed by atoms with van der Waals surface area (Å²) in [6.45, 7) is 0.589. The van der Waals surface area contributed by atoms with E-state index in [0.29, 0.717) is 22.9 Å². The molecule has 0 bridgehead atoms. The molecule has 21 heavy (non-hydrogen) atoms. The topological polar surface area (TPSA) is 21.3 Å². The highest BCUT2D eigenvalue weighted by Gasteiger charge is 2.08. The third kappa shape index (κ3) is 4.09. The first-order valence-corrected chi connectivity index (χ1v) is 7.02. The first kappa shape index (κ1) is 16.1. The zero-order valence-corrected chi connectivity index (χ0v) is 12.9. The number of methoxy groups -OCH3 is 1. The summed E-state index contributed by atoms with van der Waals surface area (Å²) in [4.78, 5) is 0.166. The van der Waals surface area contributed by atoms with Crippen LogP contribution in [0.15, 0.2) is 35.2 Å². The van der Waals surface area contributed by atoms with Crippen LogP contribution in [-0.2, 0) is 17.9 Å². The summed E-state index contributed by atoms with van der Waals surface area (Å²) in [5.41, 5.74) is 1.71. The molecule has 0 aliphatic carbocycles. The summed E-state index contributed by atoms with van der Waals surface area (Å²) < 4.78 is 32.2. The van der Waals surface area contributed by atoms with Gasteiger partial charge >= 0.3 is 0 Å². The maximum atomic E-state index is 13.8. The molecular formula is C15H14ClF2NOS. The molecule has 0 saturated heterocycles. The highest BCUT2D eigenvalue weighted by atomic mass is 35.5. The zero-order chi connectivity index (χ0) is 15.4. The van der Waals surface area contributed by atoms with Gasteiger partial charge in [0.05, 0.1) is 17.3 Å². The first-order chi connectivity index (χ1) is 10.0. The van der Waals surface area contributed by atoms with Crippen LogP contribution in [0.25, 0.3) is 0 Å². The van der Waals surface area contributed by atoms with Gasteiger partial charge in [-0.05, 0) is 29.8 Å². The van der Waals surface area contributed by atoms with Crippen molar-refractivity contribution in [1.29, 1.82) is 0 Å². The molecule has 0 aromatic heterocycles. The standard InChI is InChI=1S/C15H14ClF2NOS/c1-20-8-9-2-3-12(17)10(4-9)7-19-14-6-13(18)15(21)5-11(14)16/h2-6,19,21H,7-8H2,1H3. The average molecular weight is 330 g/mol. The number of ether oxygens (including phenoxy) is 1. The molecule has 112 valence electrons. The monoisotopic (exact) mass is 329 g/mol. The Morgan fingerprint density at radius 2 is 1.95 bits per heavy atom. The van der Waals surface area contributed by atoms with Crippen molar-refractivity contribution in [3.8, 4) is 0 Å². The largest absolute Gasteiger partial charge is 0.380 e. The summed E-state index contributed by atoms with van der Waals surface area (Å²) >= 11 is 9.94. The van der Waals surface area contributed by atoms with Gasteiger partial charge in [0, 0.05) is 24.1 Å². The maximum absolute atomic E-state index is 13.8. The molecule has 0 spiro atoms. The van der Waals surface area contributed by atoms with E-state index in [9.17, 15) is 8.78 Å². The van der Waals surface area contributed by atoms with Crippen molar-refractivity contribution in [3.05, 3.63) is 58.1 Å². The molecule has 1 N–H and O–H groups in total. The van der Waals surface area contributed by atoms with Gasteiger partial charge in [0.15, 0.2) is 0 Å². The SMILES string of the molecule is COCc1ccc(F)c(CNc2cc(F)c(S)cc2Cl)c1. The van der Waals surface area contributed by atoms with E-state index in [2.05, 4.69) is 17.9 Å². The Hall–Kier alpha value is -1.30. The Balaban J connectivity index is 2.16. The van der Waals surface area contributed by atoms with Crippen LogP contribution in [0.3, 0.4) is 0 Å². The van der Waals surface area contributed by atoms with E-state index < -0.39 is 5.82 Å². The Morgan fingerprint density at radius 1 is 1.19 bits per heavy atom. The number of rotatable bonds is 5. The molecule has 0 unspecified atom stereocenters. The fourth-order valence-corrected chi connectivity index (χ4v) is 2.38. The number of hydrogen-bond acceptors (Lipinski definition) is 3. The molecule has 2 nitrogen and oxygen atoms in total. The predicted octanol–water partition coefficient (Wildman–Crippen LogP) is 4.67. The second-order valence-corrected chi connectivity index (χ2v) is 5.38. The minimum Gasteiger partial charge on any atom is -0.380 e. The van der Waals surface area contributed by atoms with E-state index in [0.717, 1.165) is 5.56 Å². The van der Waals surface area contributed by atoms with Crippen molar-refractivity contribution in [3.63, 3.8) is 0 Å². The van der Waals surface area contributed by atoms with Gasteiger partial charge < -0.3 is 10.1 Å². The van der Waals surface area contributed by atoms with Crippen LogP contribution >= 0.6 is 24.2 Å². The normalized spacial score (nSPS) is 10.7. The van der Waals surface area contributed by atoms with E-state index in [1.807, 2.05) is 0 Å². The summed E-state index contributed by atoms with van der Waals surface area (Å²) in [5, 5.41) is 3.25. The molecule has 2 rings (SSSR count). The molecule has 0 heterocycles. The number of thiol groups is 1. The van der Waals surface area contributed by atoms with Crippen molar-refractivity contribution in [2.24, 2.45) is 0 Å². The van der Waals surface area contributed by atoms with Crippen molar-refractivity contribution in [2.75, 3.05) is 12.4 Å². The van der Waals surface area contributed by atoms with Crippen molar-refractivity contribution >= 4 is 29.9 Å². The van der Waals surface area contributed by atoms with Crippen LogP contribution in [0.2, 0.25) is 5.02 Å². The Kier molecular flexibility index (Phi) is 5.45. The van der Waals surface area contributed by atoms with Gasteiger partial charge in [0.2, 0.25) is 0 Å². The van der Waals surface area contributed by atoms with Crippen LogP contribution in [-0.4, -0.2) is 7.11 Å². The Bertz CT molecular complexity index is 652. The van der Waals surface area contributed by atoms with Gasteiger partial charge in [-0.3, -0.25) is 0 Å². The molecule has 0 saturated carbocycles. The minimum atomic E-state index is -0.487. The molecule has 6 heteroatoms. The van der Waals surface area contributed by atoms with Gasteiger partial charge in [0.25, 0.3) is 0 Å². The summed E-state index contributed by atoms with van der Waals surface area (Å²) in [6, 6.07) is 7.37. The Morgan fingerprint density at radius 3 is 2.67 bits per heavy atom. The summed E-state index contributed by atoms with van der Waals surface area (Å²) in [5.74, 6) is -0.830. The number of halogens is 3. The zero-order valence-electron chi connectivity index (χ0n) is 11.3. The number of nitrogens with one attached hydrogen (secondary N) is 1. The molecule has 0 aliphatic heterocycles. The quantitative estimate of drug-likeness (QED) is 0.778. The number of benzene rings is 2. The molecule has 0 radical (unpaired) electrons. The van der Waals surface area contributed by atoms with Crippen molar-refractivity contribution in [1.82, 2.24) is 0 Å². The number of hydrogen-bond donors (Lipinski definition) is 2. The van der Waals surface area contributed by atoms with E-state index in [1.165, 1.54) is 18.2 Å². The van der Waals surface area contributed by atoms with Crippen molar-refractivity contribution < 1.29 is 13.5 Å².